The standard InChI is InChI=1S/C44H77O8P/c1-4-6-8-10-12-14-16-18-19-20-21-22-23-24-25-27-29-31-33-35-37-39-44(46)52-42(41-51-53(47,48)49-3)40-50-43(45)38-36-34-32-30-28-26-17-15-13-11-9-7-5-2/h6,8,12,14-15,17-19,21-22,42H,4-5,7,9-11,13,16,20,23-41H2,1-3H3,(H,47,48)/b8-6-,14-12-,17-15-,19-18-,22-21-. The van der Waals surface area contributed by atoms with Crippen LogP contribution in [0.15, 0.2) is 60.8 Å². The second-order valence-corrected chi connectivity index (χ2v) is 15.3. The number of carbonyl (C=O) groups excluding carboxylic acids is 2. The molecule has 53 heavy (non-hydrogen) atoms. The Hall–Kier alpha value is -2.25. The van der Waals surface area contributed by atoms with E-state index < -0.39 is 26.5 Å². The largest absolute Gasteiger partial charge is 0.472 e. The van der Waals surface area contributed by atoms with Gasteiger partial charge in [0.1, 0.15) is 6.61 Å². The van der Waals surface area contributed by atoms with Crippen LogP contribution >= 0.6 is 7.82 Å². The molecule has 306 valence electrons. The van der Waals surface area contributed by atoms with Crippen molar-refractivity contribution in [3.63, 3.8) is 0 Å². The number of unbranched alkanes of at least 4 members (excludes halogenated alkanes) is 17. The number of hydrogen-bond donors (Lipinski definition) is 1. The molecule has 0 rings (SSSR count). The third-order valence-corrected chi connectivity index (χ3v) is 9.68. The van der Waals surface area contributed by atoms with Crippen molar-refractivity contribution >= 4 is 19.8 Å². The maximum atomic E-state index is 12.5. The summed E-state index contributed by atoms with van der Waals surface area (Å²) in [5.41, 5.74) is 0. The molecule has 0 aliphatic carbocycles. The van der Waals surface area contributed by atoms with Gasteiger partial charge >= 0.3 is 19.8 Å². The van der Waals surface area contributed by atoms with Gasteiger partial charge in [0.15, 0.2) is 6.10 Å². The summed E-state index contributed by atoms with van der Waals surface area (Å²) < 4.78 is 31.9. The van der Waals surface area contributed by atoms with Gasteiger partial charge in [0, 0.05) is 20.0 Å². The van der Waals surface area contributed by atoms with E-state index in [1.807, 2.05) is 0 Å². The predicted molar refractivity (Wildman–Crippen MR) is 221 cm³/mol. The van der Waals surface area contributed by atoms with Crippen molar-refractivity contribution in [2.75, 3.05) is 20.3 Å². The van der Waals surface area contributed by atoms with E-state index >= 15 is 0 Å². The SMILES string of the molecule is CC/C=C\C/C=C\C/C=C\C/C=C\CCCCCCCCCCC(=O)OC(COC(=O)CCCCCCC/C=C\CCCCCC)COP(=O)(O)OC. The second-order valence-electron chi connectivity index (χ2n) is 13.7. The number of esters is 2. The van der Waals surface area contributed by atoms with Gasteiger partial charge in [-0.15, -0.1) is 0 Å². The molecule has 0 aromatic carbocycles. The molecule has 2 unspecified atom stereocenters. The summed E-state index contributed by atoms with van der Waals surface area (Å²) in [5, 5.41) is 0. The summed E-state index contributed by atoms with van der Waals surface area (Å²) in [7, 11) is -3.21. The van der Waals surface area contributed by atoms with Gasteiger partial charge < -0.3 is 14.4 Å². The van der Waals surface area contributed by atoms with E-state index in [-0.39, 0.29) is 25.4 Å². The van der Waals surface area contributed by atoms with Crippen molar-refractivity contribution in [2.24, 2.45) is 0 Å². The molecule has 0 saturated heterocycles. The molecule has 0 aromatic heterocycles. The maximum absolute atomic E-state index is 12.5. The molecule has 0 spiro atoms. The zero-order chi connectivity index (χ0) is 38.9. The van der Waals surface area contributed by atoms with Gasteiger partial charge in [0.2, 0.25) is 0 Å². The molecular weight excluding hydrogens is 687 g/mol. The average molecular weight is 765 g/mol. The minimum atomic E-state index is -4.27. The van der Waals surface area contributed by atoms with Crippen LogP contribution in [-0.2, 0) is 32.7 Å². The fourth-order valence-corrected chi connectivity index (χ4v) is 5.99. The average Bonchev–Trinajstić information content (AvgIpc) is 3.15. The lowest BCUT2D eigenvalue weighted by molar-refractivity contribution is -0.161. The number of carbonyl (C=O) groups is 2. The van der Waals surface area contributed by atoms with Gasteiger partial charge in [-0.25, -0.2) is 4.57 Å². The Morgan fingerprint density at radius 2 is 0.962 bits per heavy atom. The molecule has 8 nitrogen and oxygen atoms in total. The first-order valence-electron chi connectivity index (χ1n) is 21.0. The van der Waals surface area contributed by atoms with Crippen molar-refractivity contribution in [1.82, 2.24) is 0 Å². The maximum Gasteiger partial charge on any atom is 0.472 e. The number of ether oxygens (including phenoxy) is 2. The third kappa shape index (κ3) is 39.3. The fraction of sp³-hybridized carbons (Fsp3) is 0.727. The molecule has 0 fully saturated rings. The minimum absolute atomic E-state index is 0.231. The molecule has 0 bridgehead atoms. The first-order chi connectivity index (χ1) is 25.8. The van der Waals surface area contributed by atoms with Gasteiger partial charge in [-0.2, -0.15) is 0 Å². The van der Waals surface area contributed by atoms with Crippen molar-refractivity contribution in [2.45, 2.75) is 187 Å². The number of allylic oxidation sites excluding steroid dienone is 10. The van der Waals surface area contributed by atoms with Crippen LogP contribution in [0.5, 0.6) is 0 Å². The van der Waals surface area contributed by atoms with Crippen LogP contribution in [0.3, 0.4) is 0 Å². The van der Waals surface area contributed by atoms with Gasteiger partial charge in [-0.05, 0) is 77.0 Å². The van der Waals surface area contributed by atoms with E-state index in [1.165, 1.54) is 57.8 Å². The highest BCUT2D eigenvalue weighted by atomic mass is 31.2. The van der Waals surface area contributed by atoms with E-state index in [2.05, 4.69) is 79.1 Å². The van der Waals surface area contributed by atoms with Crippen LogP contribution in [-0.4, -0.2) is 43.3 Å². The highest BCUT2D eigenvalue weighted by Crippen LogP contribution is 2.42. The van der Waals surface area contributed by atoms with E-state index in [1.54, 1.807) is 0 Å². The van der Waals surface area contributed by atoms with Crippen LogP contribution in [0.25, 0.3) is 0 Å². The predicted octanol–water partition coefficient (Wildman–Crippen LogP) is 13.2. The lowest BCUT2D eigenvalue weighted by Gasteiger charge is -2.19. The lowest BCUT2D eigenvalue weighted by Crippen LogP contribution is -2.29. The smallest absolute Gasteiger partial charge is 0.462 e. The van der Waals surface area contributed by atoms with Crippen molar-refractivity contribution in [1.29, 1.82) is 0 Å². The number of rotatable bonds is 38. The first-order valence-corrected chi connectivity index (χ1v) is 22.5. The molecule has 0 saturated carbocycles. The molecular formula is C44H77O8P. The van der Waals surface area contributed by atoms with Crippen LogP contribution in [0.4, 0.5) is 0 Å². The molecule has 0 aliphatic heterocycles. The van der Waals surface area contributed by atoms with E-state index in [0.717, 1.165) is 97.0 Å². The molecule has 0 aliphatic rings. The second kappa shape index (κ2) is 39.4. The van der Waals surface area contributed by atoms with Crippen LogP contribution in [0.2, 0.25) is 0 Å². The summed E-state index contributed by atoms with van der Waals surface area (Å²) in [5.74, 6) is -0.826. The lowest BCUT2D eigenvalue weighted by atomic mass is 10.1. The molecule has 0 heterocycles. The minimum Gasteiger partial charge on any atom is -0.462 e. The Morgan fingerprint density at radius 3 is 1.45 bits per heavy atom. The van der Waals surface area contributed by atoms with Crippen LogP contribution in [0, 0.1) is 0 Å². The Bertz CT molecular complexity index is 1050. The Labute approximate surface area is 324 Å². The quantitative estimate of drug-likeness (QED) is 0.0286. The molecule has 0 radical (unpaired) electrons. The summed E-state index contributed by atoms with van der Waals surface area (Å²) in [4.78, 5) is 34.4. The monoisotopic (exact) mass is 765 g/mol. The number of phosphoric acid groups is 1. The fourth-order valence-electron chi connectivity index (χ4n) is 5.53. The highest BCUT2D eigenvalue weighted by Gasteiger charge is 2.24. The topological polar surface area (TPSA) is 108 Å². The Balaban J connectivity index is 4.02. The summed E-state index contributed by atoms with van der Waals surface area (Å²) in [6, 6.07) is 0. The molecule has 9 heteroatoms. The number of hydrogen-bond acceptors (Lipinski definition) is 7. The van der Waals surface area contributed by atoms with Gasteiger partial charge in [-0.3, -0.25) is 18.6 Å². The van der Waals surface area contributed by atoms with Crippen LogP contribution in [0.1, 0.15) is 181 Å². The third-order valence-electron chi connectivity index (χ3n) is 8.75. The van der Waals surface area contributed by atoms with Gasteiger partial charge in [0.05, 0.1) is 6.61 Å². The van der Waals surface area contributed by atoms with E-state index in [0.29, 0.717) is 6.42 Å². The van der Waals surface area contributed by atoms with Crippen molar-refractivity contribution < 1.29 is 37.6 Å². The molecule has 1 N–H and O–H groups in total. The normalized spacial score (nSPS) is 14.0. The molecule has 0 amide bonds. The zero-order valence-electron chi connectivity index (χ0n) is 33.9. The Morgan fingerprint density at radius 1 is 0.547 bits per heavy atom. The van der Waals surface area contributed by atoms with Gasteiger partial charge in [0.25, 0.3) is 0 Å². The molecule has 0 aromatic rings. The highest BCUT2D eigenvalue weighted by molar-refractivity contribution is 7.47. The van der Waals surface area contributed by atoms with Crippen molar-refractivity contribution in [3.8, 4) is 0 Å². The van der Waals surface area contributed by atoms with Crippen LogP contribution < -0.4 is 0 Å². The molecule has 2 atom stereocenters. The van der Waals surface area contributed by atoms with E-state index in [9.17, 15) is 19.0 Å². The number of phosphoric ester groups is 1. The van der Waals surface area contributed by atoms with Gasteiger partial charge in [-0.1, -0.05) is 152 Å². The summed E-state index contributed by atoms with van der Waals surface area (Å²) in [6.07, 6.45) is 48.4. The zero-order valence-corrected chi connectivity index (χ0v) is 34.8. The van der Waals surface area contributed by atoms with Crippen molar-refractivity contribution in [3.05, 3.63) is 60.8 Å². The first kappa shape index (κ1) is 50.8. The summed E-state index contributed by atoms with van der Waals surface area (Å²) in [6.45, 7) is 3.74. The van der Waals surface area contributed by atoms with E-state index in [4.69, 9.17) is 14.0 Å². The Kier molecular flexibility index (Phi) is 37.8. The summed E-state index contributed by atoms with van der Waals surface area (Å²) >= 11 is 0.